The van der Waals surface area contributed by atoms with Crippen molar-refractivity contribution >= 4 is 17.9 Å². The number of halogens is 4. The lowest BCUT2D eigenvalue weighted by Gasteiger charge is -2.14. The molecule has 0 amide bonds. The lowest BCUT2D eigenvalue weighted by molar-refractivity contribution is -0.141. The summed E-state index contributed by atoms with van der Waals surface area (Å²) < 4.78 is 78.4. The van der Waals surface area contributed by atoms with E-state index >= 15 is 0 Å². The number of aryl methyl sites for hydroxylation is 1. The number of benzene rings is 3. The molecule has 10 nitrogen and oxygen atoms in total. The molecule has 0 saturated heterocycles. The van der Waals surface area contributed by atoms with Gasteiger partial charge in [-0.2, -0.15) is 13.2 Å². The second-order valence-electron chi connectivity index (χ2n) is 10.7. The van der Waals surface area contributed by atoms with Crippen LogP contribution >= 0.6 is 0 Å². The molecule has 0 atom stereocenters. The van der Waals surface area contributed by atoms with Crippen LogP contribution in [0.3, 0.4) is 0 Å². The van der Waals surface area contributed by atoms with Gasteiger partial charge in [0.1, 0.15) is 49.5 Å². The fourth-order valence-electron chi connectivity index (χ4n) is 4.23. The van der Waals surface area contributed by atoms with Crippen LogP contribution in [-0.4, -0.2) is 73.9 Å². The van der Waals surface area contributed by atoms with E-state index in [4.69, 9.17) is 33.9 Å². The topological polar surface area (TPSA) is 138 Å². The third-order valence-electron chi connectivity index (χ3n) is 6.85. The monoisotopic (exact) mass is 704 g/mol. The predicted octanol–water partition coefficient (Wildman–Crippen LogP) is 5.93. The lowest BCUT2D eigenvalue weighted by Crippen LogP contribution is -2.15. The van der Waals surface area contributed by atoms with E-state index in [9.17, 15) is 31.9 Å². The smallest absolute Gasteiger partial charge is 0.389 e. The van der Waals surface area contributed by atoms with Gasteiger partial charge in [0.2, 0.25) is 0 Å². The van der Waals surface area contributed by atoms with E-state index in [2.05, 4.69) is 13.2 Å². The number of aliphatic hydroxyl groups is 2. The van der Waals surface area contributed by atoms with Crippen LogP contribution in [-0.2, 0) is 25.5 Å². The molecule has 3 aromatic rings. The maximum Gasteiger partial charge on any atom is 0.389 e. The van der Waals surface area contributed by atoms with Gasteiger partial charge in [-0.3, -0.25) is 0 Å². The predicted molar refractivity (Wildman–Crippen MR) is 172 cm³/mol. The molecule has 0 aliphatic carbocycles. The zero-order chi connectivity index (χ0) is 36.7. The summed E-state index contributed by atoms with van der Waals surface area (Å²) in [4.78, 5) is 36.1. The first-order valence-corrected chi connectivity index (χ1v) is 15.3. The molecule has 0 aromatic heterocycles. The van der Waals surface area contributed by atoms with Gasteiger partial charge in [0, 0.05) is 12.5 Å². The molecule has 3 rings (SSSR count). The normalized spacial score (nSPS) is 11.0. The third-order valence-corrected chi connectivity index (χ3v) is 6.85. The van der Waals surface area contributed by atoms with Gasteiger partial charge in [-0.05, 0) is 72.4 Å². The summed E-state index contributed by atoms with van der Waals surface area (Å²) in [7, 11) is 0. The molecule has 0 radical (unpaired) electrons. The minimum atomic E-state index is -4.27. The summed E-state index contributed by atoms with van der Waals surface area (Å²) in [5, 5.41) is 18.0. The molecule has 14 heteroatoms. The van der Waals surface area contributed by atoms with Gasteiger partial charge in [-0.15, -0.1) is 0 Å². The second kappa shape index (κ2) is 19.1. The van der Waals surface area contributed by atoms with E-state index in [0.717, 1.165) is 6.07 Å². The number of aliphatic hydroxyl groups excluding tert-OH is 2. The Morgan fingerprint density at radius 3 is 1.74 bits per heavy atom. The van der Waals surface area contributed by atoms with Crippen molar-refractivity contribution in [1.29, 1.82) is 0 Å². The average Bonchev–Trinajstić information content (AvgIpc) is 3.09. The van der Waals surface area contributed by atoms with Crippen molar-refractivity contribution in [2.24, 2.45) is 0 Å². The number of hydrogen-bond acceptors (Lipinski definition) is 10. The highest BCUT2D eigenvalue weighted by Crippen LogP contribution is 2.31. The van der Waals surface area contributed by atoms with Crippen LogP contribution in [0.4, 0.5) is 17.6 Å². The van der Waals surface area contributed by atoms with Crippen molar-refractivity contribution in [1.82, 2.24) is 0 Å². The van der Waals surface area contributed by atoms with Gasteiger partial charge >= 0.3 is 24.1 Å². The van der Waals surface area contributed by atoms with Crippen LogP contribution in [0.1, 0.15) is 35.2 Å². The molecule has 0 heterocycles. The number of esters is 3. The van der Waals surface area contributed by atoms with Crippen LogP contribution in [0.25, 0.3) is 11.1 Å². The van der Waals surface area contributed by atoms with Crippen LogP contribution in [0.2, 0.25) is 0 Å². The molecular weight excluding hydrogens is 668 g/mol. The molecule has 268 valence electrons. The number of carbonyl (C=O) groups excluding carboxylic acids is 3. The lowest BCUT2D eigenvalue weighted by atomic mass is 10.0. The average molecular weight is 705 g/mol. The Morgan fingerprint density at radius 2 is 1.24 bits per heavy atom. The SMILES string of the molecule is C=C(CO)C(=O)OCCOc1cc(OCCOC(=O)C(=C)CO)cc(-c2ccc(OC(=O)c3ccc(CCCCC(F)(F)F)c(F)c3)cc2)c1. The Hall–Kier alpha value is -5.21. The third kappa shape index (κ3) is 13.0. The minimum Gasteiger partial charge on any atom is -0.490 e. The van der Waals surface area contributed by atoms with E-state index in [1.54, 1.807) is 30.3 Å². The van der Waals surface area contributed by atoms with Gasteiger partial charge in [0.15, 0.2) is 0 Å². The molecule has 0 unspecified atom stereocenters. The number of rotatable bonds is 19. The fraction of sp³-hybridized carbons (Fsp3) is 0.306. The number of carbonyl (C=O) groups is 3. The van der Waals surface area contributed by atoms with Crippen molar-refractivity contribution < 1.29 is 65.8 Å². The highest BCUT2D eigenvalue weighted by molar-refractivity contribution is 5.91. The van der Waals surface area contributed by atoms with Gasteiger partial charge < -0.3 is 33.9 Å². The molecule has 0 saturated carbocycles. The Bertz CT molecular complexity index is 1600. The summed E-state index contributed by atoms with van der Waals surface area (Å²) >= 11 is 0. The number of unbranched alkanes of at least 4 members (excludes halogenated alkanes) is 1. The van der Waals surface area contributed by atoms with Crippen molar-refractivity contribution in [3.63, 3.8) is 0 Å². The number of hydrogen-bond donors (Lipinski definition) is 2. The Morgan fingerprint density at radius 1 is 0.680 bits per heavy atom. The number of ether oxygens (including phenoxy) is 5. The van der Waals surface area contributed by atoms with E-state index in [0.29, 0.717) is 22.6 Å². The standard InChI is InChI=1S/C36H36F4O10/c1-23(21-41)33(43)48-15-13-46-30-17-28(18-31(20-30)47-14-16-49-34(44)24(2)22-42)25-8-10-29(11-9-25)50-35(45)27-7-6-26(32(37)19-27)5-3-4-12-36(38,39)40/h6-11,17-20,41-42H,1-5,12-16,21-22H2. The Kier molecular flexibility index (Phi) is 15.0. The molecule has 2 N–H and O–H groups in total. The summed E-state index contributed by atoms with van der Waals surface area (Å²) in [6.07, 6.45) is -5.11. The summed E-state index contributed by atoms with van der Waals surface area (Å²) in [5.74, 6) is -2.30. The molecule has 3 aromatic carbocycles. The maximum atomic E-state index is 14.6. The first-order valence-electron chi connectivity index (χ1n) is 15.3. The first-order chi connectivity index (χ1) is 23.8. The molecule has 0 bridgehead atoms. The quantitative estimate of drug-likeness (QED) is 0.0508. The van der Waals surface area contributed by atoms with E-state index in [1.165, 1.54) is 24.3 Å². The first kappa shape index (κ1) is 39.2. The largest absolute Gasteiger partial charge is 0.490 e. The van der Waals surface area contributed by atoms with E-state index < -0.39 is 49.5 Å². The van der Waals surface area contributed by atoms with Gasteiger partial charge in [-0.1, -0.05) is 31.4 Å². The van der Waals surface area contributed by atoms with Gasteiger partial charge in [0.25, 0.3) is 0 Å². The van der Waals surface area contributed by atoms with Crippen molar-refractivity contribution in [3.05, 3.63) is 102 Å². The Labute approximate surface area is 285 Å². The van der Waals surface area contributed by atoms with Gasteiger partial charge in [-0.25, -0.2) is 18.8 Å². The zero-order valence-corrected chi connectivity index (χ0v) is 26.9. The summed E-state index contributed by atoms with van der Waals surface area (Å²) in [5.41, 5.74) is 1.14. The number of alkyl halides is 3. The molecule has 0 aliphatic heterocycles. The van der Waals surface area contributed by atoms with Crippen LogP contribution < -0.4 is 14.2 Å². The maximum absolute atomic E-state index is 14.6. The van der Waals surface area contributed by atoms with Crippen LogP contribution in [0, 0.1) is 5.82 Å². The summed E-state index contributed by atoms with van der Waals surface area (Å²) in [6.45, 7) is 5.30. The van der Waals surface area contributed by atoms with Crippen LogP contribution in [0.15, 0.2) is 85.0 Å². The van der Waals surface area contributed by atoms with E-state index in [1.807, 2.05) is 0 Å². The molecular formula is C36H36F4O10. The highest BCUT2D eigenvalue weighted by atomic mass is 19.4. The van der Waals surface area contributed by atoms with Crippen LogP contribution in [0.5, 0.6) is 17.2 Å². The molecule has 50 heavy (non-hydrogen) atoms. The van der Waals surface area contributed by atoms with Crippen molar-refractivity contribution in [3.8, 4) is 28.4 Å². The highest BCUT2D eigenvalue weighted by Gasteiger charge is 2.26. The molecule has 0 spiro atoms. The molecule has 0 fully saturated rings. The zero-order valence-electron chi connectivity index (χ0n) is 26.9. The molecule has 0 aliphatic rings. The van der Waals surface area contributed by atoms with Crippen molar-refractivity contribution in [2.45, 2.75) is 31.9 Å². The summed E-state index contributed by atoms with van der Waals surface area (Å²) in [6, 6.07) is 14.9. The van der Waals surface area contributed by atoms with Gasteiger partial charge in [0.05, 0.1) is 29.9 Å². The fourth-order valence-corrected chi connectivity index (χ4v) is 4.23. The minimum absolute atomic E-state index is 0.0528. The Balaban J connectivity index is 1.67. The van der Waals surface area contributed by atoms with Crippen molar-refractivity contribution in [2.75, 3.05) is 39.6 Å². The second-order valence-corrected chi connectivity index (χ2v) is 10.7. The van der Waals surface area contributed by atoms with E-state index in [-0.39, 0.29) is 73.7 Å².